The molecular formula is C44H58S3. The lowest BCUT2D eigenvalue weighted by Crippen LogP contribution is -1.87. The van der Waals surface area contributed by atoms with Gasteiger partial charge in [-0.3, -0.25) is 0 Å². The van der Waals surface area contributed by atoms with Gasteiger partial charge < -0.3 is 0 Å². The average molecular weight is 683 g/mol. The maximum Gasteiger partial charge on any atom is 0.0523 e. The molecule has 0 atom stereocenters. The van der Waals surface area contributed by atoms with E-state index in [1.165, 1.54) is 153 Å². The number of hydrogen-bond donors (Lipinski definition) is 0. The first-order valence-electron chi connectivity index (χ1n) is 18.3. The van der Waals surface area contributed by atoms with Gasteiger partial charge in [0.15, 0.2) is 0 Å². The third-order valence-electron chi connectivity index (χ3n) is 9.03. The van der Waals surface area contributed by atoms with E-state index >= 15 is 0 Å². The van der Waals surface area contributed by atoms with Gasteiger partial charge in [-0.25, -0.2) is 0 Å². The summed E-state index contributed by atoms with van der Waals surface area (Å²) in [5, 5.41) is 0. The Kier molecular flexibility index (Phi) is 16.0. The normalized spacial score (nSPS) is 11.1. The highest BCUT2D eigenvalue weighted by Gasteiger charge is 2.13. The molecule has 0 spiro atoms. The zero-order valence-corrected chi connectivity index (χ0v) is 32.5. The summed E-state index contributed by atoms with van der Waals surface area (Å²) < 4.78 is 0. The van der Waals surface area contributed by atoms with Crippen molar-refractivity contribution in [2.45, 2.75) is 131 Å². The van der Waals surface area contributed by atoms with Crippen LogP contribution in [0.4, 0.5) is 0 Å². The van der Waals surface area contributed by atoms with Crippen molar-refractivity contribution in [2.24, 2.45) is 0 Å². The van der Waals surface area contributed by atoms with Gasteiger partial charge in [-0.15, -0.1) is 34.0 Å². The van der Waals surface area contributed by atoms with Gasteiger partial charge in [0.25, 0.3) is 0 Å². The maximum absolute atomic E-state index is 2.35. The first-order valence-corrected chi connectivity index (χ1v) is 20.8. The van der Waals surface area contributed by atoms with Crippen LogP contribution in [0.5, 0.6) is 0 Å². The number of unbranched alkanes of at least 4 members (excludes halogenated alkanes) is 10. The second-order valence-electron chi connectivity index (χ2n) is 13.3. The molecule has 0 unspecified atom stereocenters. The molecule has 5 rings (SSSR count). The van der Waals surface area contributed by atoms with Crippen LogP contribution in [-0.4, -0.2) is 0 Å². The van der Waals surface area contributed by atoms with E-state index in [9.17, 15) is 0 Å². The molecule has 5 aromatic rings. The molecule has 0 aliphatic rings. The van der Waals surface area contributed by atoms with Crippen molar-refractivity contribution >= 4 is 34.0 Å². The number of benzene rings is 2. The molecule has 0 N–H and O–H groups in total. The van der Waals surface area contributed by atoms with Gasteiger partial charge in [-0.1, -0.05) is 127 Å². The molecule has 0 radical (unpaired) electrons. The van der Waals surface area contributed by atoms with Gasteiger partial charge in [0, 0.05) is 29.9 Å². The SMILES string of the molecule is CCCCCCCCc1ccc(-c2cc(C)sc2-c2ccc(C)s2)cc1.CCCCCCCCc1ccc(-c2cc(C)sc2C)cc1. The Morgan fingerprint density at radius 3 is 1.36 bits per heavy atom. The lowest BCUT2D eigenvalue weighted by atomic mass is 10.0. The molecule has 0 saturated heterocycles. The predicted molar refractivity (Wildman–Crippen MR) is 216 cm³/mol. The fraction of sp³-hybridized carbons (Fsp3) is 0.455. The molecule has 252 valence electrons. The Balaban J connectivity index is 0.000000218. The Morgan fingerprint density at radius 1 is 0.426 bits per heavy atom. The molecule has 0 fully saturated rings. The molecule has 3 aromatic heterocycles. The highest BCUT2D eigenvalue weighted by atomic mass is 32.1. The van der Waals surface area contributed by atoms with Crippen molar-refractivity contribution in [1.29, 1.82) is 0 Å². The van der Waals surface area contributed by atoms with Gasteiger partial charge in [0.05, 0.1) is 4.88 Å². The first kappa shape index (κ1) is 37.4. The minimum absolute atomic E-state index is 1.21. The lowest BCUT2D eigenvalue weighted by Gasteiger charge is -2.06. The molecule has 0 aliphatic carbocycles. The Bertz CT molecular complexity index is 1580. The standard InChI is InChI=1S/C24H30S2.C20H28S/c1-4-5-6-7-8-9-10-20-12-14-21(15-13-20)22-17-19(3)26-24(22)23-16-11-18(2)25-23;1-4-5-6-7-8-9-10-18-11-13-19(14-12-18)20-15-16(2)21-17(20)3/h11-17H,4-10H2,1-3H3;11-15H,4-10H2,1-3H3. The van der Waals surface area contributed by atoms with Gasteiger partial charge in [-0.2, -0.15) is 0 Å². The predicted octanol–water partition coefficient (Wildman–Crippen LogP) is 15.6. The third kappa shape index (κ3) is 12.2. The van der Waals surface area contributed by atoms with Crippen LogP contribution in [0.3, 0.4) is 0 Å². The summed E-state index contributed by atoms with van der Waals surface area (Å²) >= 11 is 5.70. The smallest absolute Gasteiger partial charge is 0.0523 e. The van der Waals surface area contributed by atoms with Gasteiger partial charge in [-0.05, 0) is 105 Å². The van der Waals surface area contributed by atoms with E-state index in [1.54, 1.807) is 0 Å². The van der Waals surface area contributed by atoms with Crippen LogP contribution in [0.1, 0.15) is 122 Å². The Labute approximate surface area is 299 Å². The van der Waals surface area contributed by atoms with E-state index in [0.717, 1.165) is 0 Å². The van der Waals surface area contributed by atoms with Gasteiger partial charge in [0.1, 0.15) is 0 Å². The quantitative estimate of drug-likeness (QED) is 0.0856. The lowest BCUT2D eigenvalue weighted by molar-refractivity contribution is 0.607. The molecular weight excluding hydrogens is 625 g/mol. The zero-order chi connectivity index (χ0) is 33.4. The van der Waals surface area contributed by atoms with Crippen LogP contribution in [0.25, 0.3) is 32.0 Å². The van der Waals surface area contributed by atoms with Crippen LogP contribution < -0.4 is 0 Å². The molecule has 0 amide bonds. The third-order valence-corrected chi connectivity index (χ3v) is 12.2. The number of hydrogen-bond acceptors (Lipinski definition) is 3. The molecule has 3 heteroatoms. The summed E-state index contributed by atoms with van der Waals surface area (Å²) in [7, 11) is 0. The summed E-state index contributed by atoms with van der Waals surface area (Å²) in [4.78, 5) is 8.41. The van der Waals surface area contributed by atoms with E-state index in [2.05, 4.69) is 114 Å². The minimum Gasteiger partial charge on any atom is -0.145 e. The van der Waals surface area contributed by atoms with E-state index < -0.39 is 0 Å². The van der Waals surface area contributed by atoms with E-state index in [-0.39, 0.29) is 0 Å². The molecule has 47 heavy (non-hydrogen) atoms. The molecule has 0 aliphatic heterocycles. The van der Waals surface area contributed by atoms with Crippen LogP contribution >= 0.6 is 34.0 Å². The van der Waals surface area contributed by atoms with E-state index in [4.69, 9.17) is 0 Å². The molecule has 0 saturated carbocycles. The van der Waals surface area contributed by atoms with Crippen LogP contribution in [-0.2, 0) is 12.8 Å². The summed E-state index contributed by atoms with van der Waals surface area (Å²) in [6, 6.07) is 27.7. The second kappa shape index (κ2) is 20.1. The summed E-state index contributed by atoms with van der Waals surface area (Å²) in [5.74, 6) is 0. The first-order chi connectivity index (χ1) is 22.9. The zero-order valence-electron chi connectivity index (χ0n) is 30.1. The summed E-state index contributed by atoms with van der Waals surface area (Å²) in [5.41, 5.74) is 8.47. The van der Waals surface area contributed by atoms with Crippen molar-refractivity contribution in [2.75, 3.05) is 0 Å². The van der Waals surface area contributed by atoms with E-state index in [0.29, 0.717) is 0 Å². The monoisotopic (exact) mass is 682 g/mol. The Hall–Kier alpha value is -2.46. The highest BCUT2D eigenvalue weighted by molar-refractivity contribution is 7.22. The largest absolute Gasteiger partial charge is 0.145 e. The molecule has 2 aromatic carbocycles. The highest BCUT2D eigenvalue weighted by Crippen LogP contribution is 2.42. The summed E-state index contributed by atoms with van der Waals surface area (Å²) in [6.45, 7) is 13.4. The van der Waals surface area contributed by atoms with Crippen molar-refractivity contribution in [1.82, 2.24) is 0 Å². The fourth-order valence-electron chi connectivity index (χ4n) is 6.31. The van der Waals surface area contributed by atoms with Gasteiger partial charge >= 0.3 is 0 Å². The van der Waals surface area contributed by atoms with Gasteiger partial charge in [0.2, 0.25) is 0 Å². The second-order valence-corrected chi connectivity index (χ2v) is 17.3. The summed E-state index contributed by atoms with van der Waals surface area (Å²) in [6.07, 6.45) is 18.9. The number of aryl methyl sites for hydroxylation is 6. The molecule has 0 nitrogen and oxygen atoms in total. The van der Waals surface area contributed by atoms with Crippen LogP contribution in [0, 0.1) is 27.7 Å². The molecule has 0 bridgehead atoms. The topological polar surface area (TPSA) is 0 Å². The van der Waals surface area contributed by atoms with Crippen molar-refractivity contribution in [3.63, 3.8) is 0 Å². The van der Waals surface area contributed by atoms with E-state index in [1.807, 2.05) is 34.0 Å². The fourth-order valence-corrected chi connectivity index (χ4v) is 9.28. The number of rotatable bonds is 17. The minimum atomic E-state index is 1.21. The van der Waals surface area contributed by atoms with Crippen molar-refractivity contribution in [3.8, 4) is 32.0 Å². The maximum atomic E-state index is 2.35. The van der Waals surface area contributed by atoms with Crippen molar-refractivity contribution < 1.29 is 0 Å². The van der Waals surface area contributed by atoms with Crippen molar-refractivity contribution in [3.05, 3.63) is 103 Å². The van der Waals surface area contributed by atoms with Crippen LogP contribution in [0.15, 0.2) is 72.8 Å². The molecule has 3 heterocycles. The number of thiophene rings is 3. The average Bonchev–Trinajstić information content (AvgIpc) is 3.78. The Morgan fingerprint density at radius 2 is 0.894 bits per heavy atom. The van der Waals surface area contributed by atoms with Crippen LogP contribution in [0.2, 0.25) is 0 Å².